The molecule has 38 heavy (non-hydrogen) atoms. The summed E-state index contributed by atoms with van der Waals surface area (Å²) in [6, 6.07) is 4.97. The Hall–Kier alpha value is -2.37. The number of rotatable bonds is 7. The number of piperazine rings is 1. The number of anilines is 1. The van der Waals surface area contributed by atoms with E-state index in [0.29, 0.717) is 54.5 Å². The highest BCUT2D eigenvalue weighted by atomic mass is 32.2. The van der Waals surface area contributed by atoms with Gasteiger partial charge in [0.1, 0.15) is 10.4 Å². The van der Waals surface area contributed by atoms with Gasteiger partial charge in [0.25, 0.3) is 12.9 Å². The van der Waals surface area contributed by atoms with Crippen LogP contribution in [0.3, 0.4) is 0 Å². The molecule has 0 saturated carbocycles. The van der Waals surface area contributed by atoms with Crippen molar-refractivity contribution < 1.29 is 35.5 Å². The number of halogens is 4. The van der Waals surface area contributed by atoms with E-state index in [1.807, 2.05) is 4.90 Å². The van der Waals surface area contributed by atoms with Gasteiger partial charge >= 0.3 is 0 Å². The van der Waals surface area contributed by atoms with Crippen LogP contribution in [0.2, 0.25) is 0 Å². The summed E-state index contributed by atoms with van der Waals surface area (Å²) in [7, 11) is -4.43. The molecule has 1 N–H and O–H groups in total. The summed E-state index contributed by atoms with van der Waals surface area (Å²) in [6.07, 6.45) is -4.48. The molecule has 3 fully saturated rings. The molecule has 0 bridgehead atoms. The Balaban J connectivity index is 1.45. The summed E-state index contributed by atoms with van der Waals surface area (Å²) in [5.41, 5.74) is -0.463. The number of nitrogens with one attached hydrogen (secondary N) is 1. The van der Waals surface area contributed by atoms with Gasteiger partial charge in [0, 0.05) is 32.4 Å². The van der Waals surface area contributed by atoms with Crippen molar-refractivity contribution in [1.29, 1.82) is 0 Å². The quantitative estimate of drug-likeness (QED) is 0.428. The number of pyridine rings is 1. The van der Waals surface area contributed by atoms with E-state index in [4.69, 9.17) is 9.47 Å². The zero-order valence-corrected chi connectivity index (χ0v) is 21.5. The van der Waals surface area contributed by atoms with Crippen LogP contribution in [0, 0.1) is 0 Å². The number of sulfonamides is 1. The van der Waals surface area contributed by atoms with Crippen LogP contribution < -0.4 is 9.62 Å². The van der Waals surface area contributed by atoms with Crippen molar-refractivity contribution in [2.75, 3.05) is 57.5 Å². The zero-order chi connectivity index (χ0) is 26.7. The van der Waals surface area contributed by atoms with E-state index in [-0.39, 0.29) is 15.9 Å². The highest BCUT2D eigenvalue weighted by Crippen LogP contribution is 2.36. The summed E-state index contributed by atoms with van der Waals surface area (Å²) in [4.78, 5) is 4.11. The largest absolute Gasteiger partial charge is 0.378 e. The molecule has 0 radical (unpaired) electrons. The predicted molar refractivity (Wildman–Crippen MR) is 130 cm³/mol. The molecule has 6 rings (SSSR count). The molecule has 3 aliphatic heterocycles. The van der Waals surface area contributed by atoms with E-state index in [9.17, 15) is 26.0 Å². The monoisotopic (exact) mass is 576 g/mol. The Morgan fingerprint density at radius 3 is 2.61 bits per heavy atom. The zero-order valence-electron chi connectivity index (χ0n) is 19.9. The van der Waals surface area contributed by atoms with Gasteiger partial charge in [0.05, 0.1) is 49.4 Å². The normalized spacial score (nSPS) is 22.3. The van der Waals surface area contributed by atoms with Crippen LogP contribution in [0.4, 0.5) is 23.2 Å². The van der Waals surface area contributed by atoms with Crippen LogP contribution in [0.1, 0.15) is 11.4 Å². The van der Waals surface area contributed by atoms with E-state index in [1.54, 1.807) is 12.1 Å². The van der Waals surface area contributed by atoms with Gasteiger partial charge in [-0.1, -0.05) is 11.3 Å². The third-order valence-electron chi connectivity index (χ3n) is 7.13. The standard InChI is InChI=1S/C22H24F4N6O4S2/c23-18(24)20-28-27-19(37-20)16-2-1-15-17(31-4-3-30-5-6-35-10-13(30)8-31)7-14(9-32(15)16)38(33,34)29-22(21(25)26)11-36-12-22/h1-2,7,9,13,18,21,29H,3-6,8,10-12H2/t13-/m1/s1. The SMILES string of the molecule is O=S(=O)(NC1(C(F)F)COC1)c1cc(N2CCN3CCOC[C@H]3C2)c2ccc(-c3nnc(C(F)F)s3)n2c1. The van der Waals surface area contributed by atoms with Crippen LogP contribution in [-0.2, 0) is 19.5 Å². The van der Waals surface area contributed by atoms with Gasteiger partial charge in [-0.15, -0.1) is 10.2 Å². The van der Waals surface area contributed by atoms with E-state index in [2.05, 4.69) is 19.8 Å². The Morgan fingerprint density at radius 2 is 1.92 bits per heavy atom. The van der Waals surface area contributed by atoms with E-state index >= 15 is 0 Å². The summed E-state index contributed by atoms with van der Waals surface area (Å²) in [6.45, 7) is 3.02. The van der Waals surface area contributed by atoms with E-state index in [1.165, 1.54) is 16.7 Å². The fraction of sp³-hybridized carbons (Fsp3) is 0.545. The van der Waals surface area contributed by atoms with Crippen molar-refractivity contribution in [3.8, 4) is 10.7 Å². The van der Waals surface area contributed by atoms with Gasteiger partial charge in [-0.2, -0.15) is 4.72 Å². The fourth-order valence-corrected chi connectivity index (χ4v) is 7.11. The second kappa shape index (κ2) is 9.67. The van der Waals surface area contributed by atoms with Gasteiger partial charge in [0.15, 0.2) is 10.0 Å². The predicted octanol–water partition coefficient (Wildman–Crippen LogP) is 2.23. The number of nitrogens with zero attached hydrogens (tertiary/aromatic N) is 5. The first-order valence-corrected chi connectivity index (χ1v) is 14.2. The Bertz CT molecular complexity index is 1440. The third-order valence-corrected chi connectivity index (χ3v) is 9.60. The maximum Gasteiger partial charge on any atom is 0.291 e. The van der Waals surface area contributed by atoms with Crippen LogP contribution in [0.15, 0.2) is 29.3 Å². The molecule has 3 aromatic rings. The first-order valence-electron chi connectivity index (χ1n) is 11.9. The van der Waals surface area contributed by atoms with Gasteiger partial charge in [-0.3, -0.25) is 4.90 Å². The molecular formula is C22H24F4N6O4S2. The molecule has 3 aliphatic rings. The van der Waals surface area contributed by atoms with Crippen molar-refractivity contribution in [3.05, 3.63) is 29.4 Å². The molecule has 10 nitrogen and oxygen atoms in total. The Morgan fingerprint density at radius 1 is 1.11 bits per heavy atom. The highest BCUT2D eigenvalue weighted by molar-refractivity contribution is 7.89. The lowest BCUT2D eigenvalue weighted by Crippen LogP contribution is -2.66. The van der Waals surface area contributed by atoms with Gasteiger partial charge < -0.3 is 18.8 Å². The maximum atomic E-state index is 13.8. The number of alkyl halides is 4. The molecule has 0 unspecified atom stereocenters. The molecule has 1 atom stereocenters. The van der Waals surface area contributed by atoms with Gasteiger partial charge in [-0.25, -0.2) is 26.0 Å². The molecule has 0 aromatic carbocycles. The first-order chi connectivity index (χ1) is 18.2. The number of morpholine rings is 1. The molecule has 16 heteroatoms. The Labute approximate surface area is 219 Å². The van der Waals surface area contributed by atoms with E-state index < -0.39 is 46.6 Å². The van der Waals surface area contributed by atoms with Crippen molar-refractivity contribution in [1.82, 2.24) is 24.2 Å². The highest BCUT2D eigenvalue weighted by Gasteiger charge is 2.50. The molecule has 6 heterocycles. The van der Waals surface area contributed by atoms with Crippen LogP contribution in [0.25, 0.3) is 16.2 Å². The molecule has 0 amide bonds. The topological polar surface area (TPSA) is 101 Å². The summed E-state index contributed by atoms with van der Waals surface area (Å²) < 4.78 is 94.9. The van der Waals surface area contributed by atoms with E-state index in [0.717, 1.165) is 13.1 Å². The number of ether oxygens (including phenoxy) is 2. The van der Waals surface area contributed by atoms with Crippen LogP contribution in [0.5, 0.6) is 0 Å². The van der Waals surface area contributed by atoms with Crippen molar-refractivity contribution in [2.24, 2.45) is 0 Å². The lowest BCUT2D eigenvalue weighted by atomic mass is 10.0. The second-order valence-electron chi connectivity index (χ2n) is 9.55. The molecule has 0 spiro atoms. The lowest BCUT2D eigenvalue weighted by Gasteiger charge is -2.44. The average molecular weight is 577 g/mol. The van der Waals surface area contributed by atoms with Crippen LogP contribution in [-0.4, -0.2) is 98.5 Å². The van der Waals surface area contributed by atoms with Crippen molar-refractivity contribution in [3.63, 3.8) is 0 Å². The summed E-state index contributed by atoms with van der Waals surface area (Å²) >= 11 is 0.699. The Kier molecular flexibility index (Phi) is 6.59. The maximum absolute atomic E-state index is 13.8. The smallest absolute Gasteiger partial charge is 0.291 e. The second-order valence-corrected chi connectivity index (χ2v) is 12.2. The van der Waals surface area contributed by atoms with Crippen LogP contribution >= 0.6 is 11.3 Å². The number of aromatic nitrogens is 3. The molecule has 3 aromatic heterocycles. The molecular weight excluding hydrogens is 552 g/mol. The molecule has 3 saturated heterocycles. The minimum Gasteiger partial charge on any atom is -0.378 e. The summed E-state index contributed by atoms with van der Waals surface area (Å²) in [5, 5.41) is 7.13. The van der Waals surface area contributed by atoms with Crippen molar-refractivity contribution in [2.45, 2.75) is 29.3 Å². The summed E-state index contributed by atoms with van der Waals surface area (Å²) in [5.74, 6) is 0. The van der Waals surface area contributed by atoms with Gasteiger partial charge in [-0.05, 0) is 18.2 Å². The number of hydrogen-bond acceptors (Lipinski definition) is 9. The minimum absolute atomic E-state index is 0.108. The van der Waals surface area contributed by atoms with Gasteiger partial charge in [0.2, 0.25) is 10.0 Å². The fourth-order valence-electron chi connectivity index (χ4n) is 5.01. The first kappa shape index (κ1) is 25.9. The number of hydrogen-bond donors (Lipinski definition) is 1. The molecule has 0 aliphatic carbocycles. The minimum atomic E-state index is -4.43. The lowest BCUT2D eigenvalue weighted by molar-refractivity contribution is -0.134. The third kappa shape index (κ3) is 4.46. The average Bonchev–Trinajstić information content (AvgIpc) is 3.52. The van der Waals surface area contributed by atoms with Crippen molar-refractivity contribution >= 4 is 32.6 Å². The molecule has 206 valence electrons. The number of fused-ring (bicyclic) bond motifs is 2.